The van der Waals surface area contributed by atoms with Crippen molar-refractivity contribution in [3.63, 3.8) is 0 Å². The minimum absolute atomic E-state index is 0.0116. The van der Waals surface area contributed by atoms with Gasteiger partial charge in [0.1, 0.15) is 11.5 Å². The van der Waals surface area contributed by atoms with E-state index in [0.717, 1.165) is 48.3 Å². The maximum atomic E-state index is 12.3. The molecule has 2 atom stereocenters. The molecule has 190 valence electrons. The highest BCUT2D eigenvalue weighted by molar-refractivity contribution is 5.80. The fourth-order valence-corrected chi connectivity index (χ4v) is 4.17. The number of hydrogen-bond acceptors (Lipinski definition) is 6. The number of benzene rings is 2. The third kappa shape index (κ3) is 7.37. The van der Waals surface area contributed by atoms with Crippen LogP contribution in [0.2, 0.25) is 0 Å². The summed E-state index contributed by atoms with van der Waals surface area (Å²) in [5.74, 6) is 1.57. The number of carbonyl (C=O) groups is 1. The first-order chi connectivity index (χ1) is 17.7. The van der Waals surface area contributed by atoms with E-state index in [4.69, 9.17) is 14.2 Å². The molecule has 0 N–H and O–H groups in total. The standard InChI is InChI=1S/C30H36N2O4/c1-3-5-6-7-8-9-18-34-25-16-14-22(15-17-25)24-20-31-29(32-21-24)23-12-10-13-26(19-23)35-30(33)28-27(36-28)11-4-2/h10,12-17,19-21,27-28H,3-9,11,18H2,1-2H3/t27-,28-/m1/s1. The molecular weight excluding hydrogens is 452 g/mol. The lowest BCUT2D eigenvalue weighted by Crippen LogP contribution is -2.17. The zero-order valence-corrected chi connectivity index (χ0v) is 21.3. The first kappa shape index (κ1) is 25.8. The van der Waals surface area contributed by atoms with Crippen LogP contribution in [0.5, 0.6) is 11.5 Å². The maximum Gasteiger partial charge on any atom is 0.343 e. The third-order valence-electron chi connectivity index (χ3n) is 6.30. The van der Waals surface area contributed by atoms with Crippen LogP contribution in [-0.4, -0.2) is 34.8 Å². The fraction of sp³-hybridized carbons (Fsp3) is 0.433. The Morgan fingerprint density at radius 1 is 0.833 bits per heavy atom. The molecule has 3 aromatic rings. The molecule has 6 heteroatoms. The zero-order valence-electron chi connectivity index (χ0n) is 21.3. The van der Waals surface area contributed by atoms with Crippen LogP contribution in [-0.2, 0) is 9.53 Å². The Balaban J connectivity index is 1.29. The molecule has 1 fully saturated rings. The smallest absolute Gasteiger partial charge is 0.343 e. The van der Waals surface area contributed by atoms with Gasteiger partial charge in [-0.3, -0.25) is 0 Å². The molecule has 0 saturated carbocycles. The molecule has 6 nitrogen and oxygen atoms in total. The van der Waals surface area contributed by atoms with Crippen LogP contribution in [0.15, 0.2) is 60.9 Å². The lowest BCUT2D eigenvalue weighted by molar-refractivity contribution is -0.135. The van der Waals surface area contributed by atoms with Crippen molar-refractivity contribution in [3.05, 3.63) is 60.9 Å². The van der Waals surface area contributed by atoms with Crippen molar-refractivity contribution >= 4 is 5.97 Å². The Labute approximate surface area is 214 Å². The number of carbonyl (C=O) groups excluding carboxylic acids is 1. The van der Waals surface area contributed by atoms with E-state index < -0.39 is 6.10 Å². The number of hydrogen-bond donors (Lipinski definition) is 0. The number of unbranched alkanes of at least 4 members (excludes halogenated alkanes) is 5. The van der Waals surface area contributed by atoms with E-state index in [1.807, 2.05) is 36.4 Å². The quantitative estimate of drug-likeness (QED) is 0.105. The van der Waals surface area contributed by atoms with Gasteiger partial charge in [0.2, 0.25) is 0 Å². The van der Waals surface area contributed by atoms with E-state index in [-0.39, 0.29) is 12.1 Å². The lowest BCUT2D eigenvalue weighted by atomic mass is 10.1. The molecule has 1 aliphatic rings. The molecular formula is C30H36N2O4. The second kappa shape index (κ2) is 13.2. The molecule has 2 aromatic carbocycles. The minimum atomic E-state index is -0.448. The van der Waals surface area contributed by atoms with Crippen LogP contribution >= 0.6 is 0 Å². The fourth-order valence-electron chi connectivity index (χ4n) is 4.17. The summed E-state index contributed by atoms with van der Waals surface area (Å²) in [7, 11) is 0. The van der Waals surface area contributed by atoms with Crippen LogP contribution in [0.25, 0.3) is 22.5 Å². The Morgan fingerprint density at radius 3 is 2.33 bits per heavy atom. The highest BCUT2D eigenvalue weighted by atomic mass is 16.6. The van der Waals surface area contributed by atoms with E-state index >= 15 is 0 Å². The average molecular weight is 489 g/mol. The first-order valence-corrected chi connectivity index (χ1v) is 13.2. The summed E-state index contributed by atoms with van der Waals surface area (Å²) in [5, 5.41) is 0. The Bertz CT molecular complexity index is 1100. The average Bonchev–Trinajstić information content (AvgIpc) is 3.69. The van der Waals surface area contributed by atoms with Gasteiger partial charge in [-0.15, -0.1) is 0 Å². The van der Waals surface area contributed by atoms with Crippen molar-refractivity contribution < 1.29 is 19.0 Å². The Hall–Kier alpha value is -3.25. The van der Waals surface area contributed by atoms with Gasteiger partial charge in [-0.25, -0.2) is 14.8 Å². The highest BCUT2D eigenvalue weighted by Crippen LogP contribution is 2.29. The normalized spacial score (nSPS) is 16.5. The molecule has 2 heterocycles. The van der Waals surface area contributed by atoms with Gasteiger partial charge in [-0.2, -0.15) is 0 Å². The molecule has 1 saturated heterocycles. The van der Waals surface area contributed by atoms with E-state index in [9.17, 15) is 4.79 Å². The summed E-state index contributed by atoms with van der Waals surface area (Å²) in [5.41, 5.74) is 2.74. The van der Waals surface area contributed by atoms with Gasteiger partial charge >= 0.3 is 5.97 Å². The molecule has 1 aromatic heterocycles. The van der Waals surface area contributed by atoms with Crippen LogP contribution in [0, 0.1) is 0 Å². The van der Waals surface area contributed by atoms with Gasteiger partial charge in [-0.1, -0.05) is 76.6 Å². The number of esters is 1. The number of aromatic nitrogens is 2. The Kier molecular flexibility index (Phi) is 9.45. The molecule has 36 heavy (non-hydrogen) atoms. The molecule has 0 aliphatic carbocycles. The van der Waals surface area contributed by atoms with Crippen molar-refractivity contribution in [1.29, 1.82) is 0 Å². The zero-order chi connectivity index (χ0) is 25.2. The summed E-state index contributed by atoms with van der Waals surface area (Å²) in [6.07, 6.45) is 12.5. The van der Waals surface area contributed by atoms with E-state index in [1.165, 1.54) is 32.1 Å². The van der Waals surface area contributed by atoms with Gasteiger partial charge in [-0.05, 0) is 42.7 Å². The SMILES string of the molecule is CCCCCCCCOc1ccc(-c2cnc(-c3cccc(OC(=O)[C@@H]4O[C@@H]4CCC)c3)nc2)cc1. The van der Waals surface area contributed by atoms with Crippen molar-refractivity contribution in [3.8, 4) is 34.0 Å². The summed E-state index contributed by atoms with van der Waals surface area (Å²) >= 11 is 0. The van der Waals surface area contributed by atoms with Crippen LogP contribution in [0.4, 0.5) is 0 Å². The molecule has 1 aliphatic heterocycles. The number of epoxide rings is 1. The van der Waals surface area contributed by atoms with Crippen LogP contribution < -0.4 is 9.47 Å². The second-order valence-corrected chi connectivity index (χ2v) is 9.27. The van der Waals surface area contributed by atoms with Gasteiger partial charge < -0.3 is 14.2 Å². The molecule has 0 amide bonds. The summed E-state index contributed by atoms with van der Waals surface area (Å²) in [6.45, 7) is 5.06. The van der Waals surface area contributed by atoms with E-state index in [2.05, 4.69) is 23.8 Å². The van der Waals surface area contributed by atoms with Gasteiger partial charge in [0.15, 0.2) is 11.9 Å². The van der Waals surface area contributed by atoms with Crippen molar-refractivity contribution in [2.45, 2.75) is 77.4 Å². The van der Waals surface area contributed by atoms with Gasteiger partial charge in [0, 0.05) is 23.5 Å². The van der Waals surface area contributed by atoms with E-state index in [1.54, 1.807) is 24.5 Å². The lowest BCUT2D eigenvalue weighted by Gasteiger charge is -2.08. The van der Waals surface area contributed by atoms with E-state index in [0.29, 0.717) is 11.6 Å². The number of nitrogens with zero attached hydrogens (tertiary/aromatic N) is 2. The van der Waals surface area contributed by atoms with Gasteiger partial charge in [0.25, 0.3) is 0 Å². The molecule has 0 unspecified atom stereocenters. The minimum Gasteiger partial charge on any atom is -0.494 e. The molecule has 0 spiro atoms. The summed E-state index contributed by atoms with van der Waals surface area (Å²) in [4.78, 5) is 21.3. The largest absolute Gasteiger partial charge is 0.494 e. The monoisotopic (exact) mass is 488 g/mol. The number of rotatable bonds is 14. The predicted octanol–water partition coefficient (Wildman–Crippen LogP) is 7.02. The first-order valence-electron chi connectivity index (χ1n) is 13.2. The maximum absolute atomic E-state index is 12.3. The van der Waals surface area contributed by atoms with Crippen molar-refractivity contribution in [1.82, 2.24) is 9.97 Å². The Morgan fingerprint density at radius 2 is 1.58 bits per heavy atom. The number of ether oxygens (including phenoxy) is 3. The topological polar surface area (TPSA) is 73.8 Å². The third-order valence-corrected chi connectivity index (χ3v) is 6.30. The van der Waals surface area contributed by atoms with Crippen molar-refractivity contribution in [2.75, 3.05) is 6.61 Å². The highest BCUT2D eigenvalue weighted by Gasteiger charge is 2.45. The molecule has 0 bridgehead atoms. The van der Waals surface area contributed by atoms with Crippen molar-refractivity contribution in [2.24, 2.45) is 0 Å². The van der Waals surface area contributed by atoms with Crippen LogP contribution in [0.3, 0.4) is 0 Å². The second-order valence-electron chi connectivity index (χ2n) is 9.27. The summed E-state index contributed by atoms with van der Waals surface area (Å²) < 4.78 is 16.8. The molecule has 4 rings (SSSR count). The summed E-state index contributed by atoms with van der Waals surface area (Å²) in [6, 6.07) is 15.3. The van der Waals surface area contributed by atoms with Gasteiger partial charge in [0.05, 0.1) is 12.7 Å². The van der Waals surface area contributed by atoms with Crippen LogP contribution in [0.1, 0.15) is 65.2 Å². The molecule has 0 radical (unpaired) electrons. The predicted molar refractivity (Wildman–Crippen MR) is 141 cm³/mol.